The summed E-state index contributed by atoms with van der Waals surface area (Å²) in [5, 5.41) is 6.68. The highest BCUT2D eigenvalue weighted by molar-refractivity contribution is 5.79. The summed E-state index contributed by atoms with van der Waals surface area (Å²) < 4.78 is 5.74. The van der Waals surface area contributed by atoms with E-state index in [0.717, 1.165) is 45.0 Å². The van der Waals surface area contributed by atoms with E-state index in [1.807, 2.05) is 14.0 Å². The minimum absolute atomic E-state index is 0.319. The van der Waals surface area contributed by atoms with Crippen molar-refractivity contribution in [3.05, 3.63) is 0 Å². The lowest BCUT2D eigenvalue weighted by atomic mass is 10.0. The summed E-state index contributed by atoms with van der Waals surface area (Å²) in [5.74, 6) is 1.43. The van der Waals surface area contributed by atoms with E-state index < -0.39 is 0 Å². The van der Waals surface area contributed by atoms with Gasteiger partial charge in [0.05, 0.1) is 6.10 Å². The molecule has 5 nitrogen and oxygen atoms in total. The molecule has 1 unspecified atom stereocenters. The first-order valence-electron chi connectivity index (χ1n) is 7.72. The maximum Gasteiger partial charge on any atom is 0.190 e. The number of hydrogen-bond acceptors (Lipinski definition) is 3. The summed E-state index contributed by atoms with van der Waals surface area (Å²) in [7, 11) is 5.99. The molecule has 0 aliphatic carbocycles. The van der Waals surface area contributed by atoms with Crippen LogP contribution in [0.15, 0.2) is 4.99 Å². The first-order chi connectivity index (χ1) is 9.51. The summed E-state index contributed by atoms with van der Waals surface area (Å²) in [6.07, 6.45) is 2.44. The Kier molecular flexibility index (Phi) is 11.5. The molecule has 0 aromatic heterocycles. The average molecular weight is 286 g/mol. The van der Waals surface area contributed by atoms with Crippen molar-refractivity contribution in [2.24, 2.45) is 10.9 Å². The van der Waals surface area contributed by atoms with Gasteiger partial charge < -0.3 is 20.3 Å². The minimum Gasteiger partial charge on any atom is -0.378 e. The first-order valence-corrected chi connectivity index (χ1v) is 7.72. The van der Waals surface area contributed by atoms with Crippen molar-refractivity contribution in [1.29, 1.82) is 0 Å². The molecule has 0 aliphatic rings. The lowest BCUT2D eigenvalue weighted by molar-refractivity contribution is 0.0258. The average Bonchev–Trinajstić information content (AvgIpc) is 2.39. The lowest BCUT2D eigenvalue weighted by Crippen LogP contribution is -2.40. The number of guanidine groups is 1. The quantitative estimate of drug-likeness (QED) is 0.363. The van der Waals surface area contributed by atoms with Crippen molar-refractivity contribution >= 4 is 5.96 Å². The van der Waals surface area contributed by atoms with Crippen molar-refractivity contribution < 1.29 is 4.74 Å². The minimum atomic E-state index is 0.319. The van der Waals surface area contributed by atoms with E-state index in [-0.39, 0.29) is 0 Å². The standard InChI is InChI=1S/C15H34N4O/c1-7-20-14(13(2)3)9-11-18-15(16-4)17-10-8-12-19(5)6/h13-14H,7-12H2,1-6H3,(H2,16,17,18). The fourth-order valence-electron chi connectivity index (χ4n) is 1.98. The molecule has 0 radical (unpaired) electrons. The van der Waals surface area contributed by atoms with Crippen LogP contribution in [-0.4, -0.2) is 64.3 Å². The number of rotatable bonds is 10. The van der Waals surface area contributed by atoms with Crippen LogP contribution in [0.3, 0.4) is 0 Å². The first kappa shape index (κ1) is 19.2. The smallest absolute Gasteiger partial charge is 0.190 e. The van der Waals surface area contributed by atoms with Crippen LogP contribution in [0.5, 0.6) is 0 Å². The molecule has 1 atom stereocenters. The molecule has 0 fully saturated rings. The van der Waals surface area contributed by atoms with Crippen LogP contribution >= 0.6 is 0 Å². The van der Waals surface area contributed by atoms with Gasteiger partial charge in [0.1, 0.15) is 0 Å². The topological polar surface area (TPSA) is 48.9 Å². The van der Waals surface area contributed by atoms with E-state index in [1.165, 1.54) is 0 Å². The molecule has 0 amide bonds. The van der Waals surface area contributed by atoms with Gasteiger partial charge in [0.15, 0.2) is 5.96 Å². The summed E-state index contributed by atoms with van der Waals surface area (Å²) in [4.78, 5) is 6.42. The summed E-state index contributed by atoms with van der Waals surface area (Å²) >= 11 is 0. The molecule has 0 aliphatic heterocycles. The van der Waals surface area contributed by atoms with Crippen LogP contribution in [0.2, 0.25) is 0 Å². The molecule has 0 aromatic rings. The van der Waals surface area contributed by atoms with Gasteiger partial charge in [0, 0.05) is 26.7 Å². The van der Waals surface area contributed by atoms with Gasteiger partial charge in [-0.3, -0.25) is 4.99 Å². The van der Waals surface area contributed by atoms with Crippen LogP contribution < -0.4 is 10.6 Å². The zero-order chi connectivity index (χ0) is 15.4. The third kappa shape index (κ3) is 10.0. The van der Waals surface area contributed by atoms with Gasteiger partial charge in [-0.15, -0.1) is 0 Å². The van der Waals surface area contributed by atoms with E-state index in [9.17, 15) is 0 Å². The van der Waals surface area contributed by atoms with Gasteiger partial charge >= 0.3 is 0 Å². The number of nitrogens with zero attached hydrogens (tertiary/aromatic N) is 2. The van der Waals surface area contributed by atoms with Gasteiger partial charge in [0.2, 0.25) is 0 Å². The van der Waals surface area contributed by atoms with E-state index in [2.05, 4.69) is 48.5 Å². The Bertz CT molecular complexity index is 254. The third-order valence-electron chi connectivity index (χ3n) is 3.14. The van der Waals surface area contributed by atoms with Gasteiger partial charge in [-0.25, -0.2) is 0 Å². The van der Waals surface area contributed by atoms with E-state index in [0.29, 0.717) is 12.0 Å². The molecule has 20 heavy (non-hydrogen) atoms. The van der Waals surface area contributed by atoms with Crippen LogP contribution in [0, 0.1) is 5.92 Å². The molecule has 0 saturated heterocycles. The van der Waals surface area contributed by atoms with Crippen molar-refractivity contribution in [2.75, 3.05) is 47.4 Å². The van der Waals surface area contributed by atoms with E-state index in [1.54, 1.807) is 0 Å². The Morgan fingerprint density at radius 3 is 2.35 bits per heavy atom. The van der Waals surface area contributed by atoms with Crippen molar-refractivity contribution in [1.82, 2.24) is 15.5 Å². The maximum absolute atomic E-state index is 5.74. The van der Waals surface area contributed by atoms with Crippen LogP contribution in [0.25, 0.3) is 0 Å². The molecule has 0 spiro atoms. The molecule has 0 aromatic carbocycles. The predicted octanol–water partition coefficient (Wildman–Crippen LogP) is 1.55. The van der Waals surface area contributed by atoms with Gasteiger partial charge in [0.25, 0.3) is 0 Å². The highest BCUT2D eigenvalue weighted by atomic mass is 16.5. The van der Waals surface area contributed by atoms with E-state index in [4.69, 9.17) is 4.74 Å². The molecule has 0 bridgehead atoms. The molecule has 0 saturated carbocycles. The SMILES string of the molecule is CCOC(CCNC(=NC)NCCCN(C)C)C(C)C. The van der Waals surface area contributed by atoms with E-state index >= 15 is 0 Å². The summed E-state index contributed by atoms with van der Waals surface area (Å²) in [6, 6.07) is 0. The normalized spacial score (nSPS) is 13.9. The van der Waals surface area contributed by atoms with Gasteiger partial charge in [-0.1, -0.05) is 13.8 Å². The highest BCUT2D eigenvalue weighted by Crippen LogP contribution is 2.09. The Labute approximate surface area is 125 Å². The summed E-state index contributed by atoms with van der Waals surface area (Å²) in [6.45, 7) is 10.1. The monoisotopic (exact) mass is 286 g/mol. The number of aliphatic imine (C=N–C) groups is 1. The molecule has 120 valence electrons. The maximum atomic E-state index is 5.74. The molecule has 2 N–H and O–H groups in total. The fourth-order valence-corrected chi connectivity index (χ4v) is 1.98. The van der Waals surface area contributed by atoms with Crippen molar-refractivity contribution in [3.63, 3.8) is 0 Å². The number of ether oxygens (including phenoxy) is 1. The van der Waals surface area contributed by atoms with Gasteiger partial charge in [-0.05, 0) is 46.3 Å². The molecule has 0 rings (SSSR count). The van der Waals surface area contributed by atoms with Crippen molar-refractivity contribution in [3.8, 4) is 0 Å². The third-order valence-corrected chi connectivity index (χ3v) is 3.14. The Morgan fingerprint density at radius 2 is 1.85 bits per heavy atom. The Hall–Kier alpha value is -0.810. The predicted molar refractivity (Wildman–Crippen MR) is 87.4 cm³/mol. The van der Waals surface area contributed by atoms with Crippen LogP contribution in [0.1, 0.15) is 33.6 Å². The van der Waals surface area contributed by atoms with Crippen molar-refractivity contribution in [2.45, 2.75) is 39.7 Å². The Morgan fingerprint density at radius 1 is 1.20 bits per heavy atom. The largest absolute Gasteiger partial charge is 0.378 e. The van der Waals surface area contributed by atoms with Gasteiger partial charge in [-0.2, -0.15) is 0 Å². The second-order valence-corrected chi connectivity index (χ2v) is 5.61. The Balaban J connectivity index is 3.84. The molecule has 0 heterocycles. The van der Waals surface area contributed by atoms with Crippen LogP contribution in [0.4, 0.5) is 0 Å². The lowest BCUT2D eigenvalue weighted by Gasteiger charge is -2.21. The fraction of sp³-hybridized carbons (Fsp3) is 0.933. The zero-order valence-corrected chi connectivity index (χ0v) is 14.2. The van der Waals surface area contributed by atoms with Crippen LogP contribution in [-0.2, 0) is 4.74 Å². The highest BCUT2D eigenvalue weighted by Gasteiger charge is 2.12. The number of hydrogen-bond donors (Lipinski definition) is 2. The second-order valence-electron chi connectivity index (χ2n) is 5.61. The number of nitrogens with one attached hydrogen (secondary N) is 2. The zero-order valence-electron chi connectivity index (χ0n) is 14.2. The second kappa shape index (κ2) is 12.0. The molecule has 5 heteroatoms. The molecular formula is C15H34N4O. The summed E-state index contributed by atoms with van der Waals surface area (Å²) in [5.41, 5.74) is 0. The molecular weight excluding hydrogens is 252 g/mol.